The van der Waals surface area contributed by atoms with E-state index in [2.05, 4.69) is 66.0 Å². The predicted octanol–water partition coefficient (Wildman–Crippen LogP) is 4.74. The summed E-state index contributed by atoms with van der Waals surface area (Å²) in [5, 5.41) is 3.80. The number of likely N-dealkylation sites (tertiary alicyclic amines) is 1. The summed E-state index contributed by atoms with van der Waals surface area (Å²) < 4.78 is 1.17. The van der Waals surface area contributed by atoms with Crippen LogP contribution in [0.15, 0.2) is 16.6 Å². The molecule has 0 radical (unpaired) electrons. The molecule has 0 aliphatic carbocycles. The molecule has 1 saturated heterocycles. The van der Waals surface area contributed by atoms with Crippen LogP contribution in [0.25, 0.3) is 0 Å². The second kappa shape index (κ2) is 6.95. The van der Waals surface area contributed by atoms with Crippen molar-refractivity contribution < 1.29 is 0 Å². The standard InChI is InChI=1S/C17H27BrN2/c1-12(2)20-8-5-6-16(7-9-20)19-17-13(3)10-15(18)11-14(17)4/h10-12,16,19H,5-9H2,1-4H3. The van der Waals surface area contributed by atoms with Gasteiger partial charge in [-0.15, -0.1) is 0 Å². The van der Waals surface area contributed by atoms with Gasteiger partial charge in [0.15, 0.2) is 0 Å². The fourth-order valence-corrected chi connectivity index (χ4v) is 3.81. The van der Waals surface area contributed by atoms with Gasteiger partial charge >= 0.3 is 0 Å². The smallest absolute Gasteiger partial charge is 0.0402 e. The van der Waals surface area contributed by atoms with Crippen molar-refractivity contribution in [2.24, 2.45) is 0 Å². The average molecular weight is 339 g/mol. The summed E-state index contributed by atoms with van der Waals surface area (Å²) in [4.78, 5) is 2.60. The molecular weight excluding hydrogens is 312 g/mol. The Labute approximate surface area is 132 Å². The van der Waals surface area contributed by atoms with E-state index in [1.54, 1.807) is 0 Å². The maximum Gasteiger partial charge on any atom is 0.0402 e. The van der Waals surface area contributed by atoms with E-state index in [-0.39, 0.29) is 0 Å². The zero-order valence-electron chi connectivity index (χ0n) is 13.2. The lowest BCUT2D eigenvalue weighted by molar-refractivity contribution is 0.230. The van der Waals surface area contributed by atoms with Gasteiger partial charge in [-0.3, -0.25) is 0 Å². The Morgan fingerprint density at radius 1 is 1.15 bits per heavy atom. The molecule has 1 aliphatic rings. The highest BCUT2D eigenvalue weighted by atomic mass is 79.9. The number of anilines is 1. The number of benzene rings is 1. The van der Waals surface area contributed by atoms with E-state index in [4.69, 9.17) is 0 Å². The van der Waals surface area contributed by atoms with Gasteiger partial charge in [0.25, 0.3) is 0 Å². The first-order valence-corrected chi connectivity index (χ1v) is 8.54. The van der Waals surface area contributed by atoms with Crippen LogP contribution in [0.2, 0.25) is 0 Å². The third kappa shape index (κ3) is 3.98. The molecule has 0 aromatic heterocycles. The predicted molar refractivity (Wildman–Crippen MR) is 91.6 cm³/mol. The molecule has 0 spiro atoms. The number of rotatable bonds is 3. The van der Waals surface area contributed by atoms with E-state index in [1.165, 1.54) is 53.6 Å². The molecule has 2 rings (SSSR count). The lowest BCUT2D eigenvalue weighted by Gasteiger charge is -2.25. The van der Waals surface area contributed by atoms with E-state index < -0.39 is 0 Å². The Morgan fingerprint density at radius 3 is 2.40 bits per heavy atom. The zero-order chi connectivity index (χ0) is 14.7. The van der Waals surface area contributed by atoms with E-state index >= 15 is 0 Å². The molecule has 1 aliphatic heterocycles. The number of nitrogens with one attached hydrogen (secondary N) is 1. The van der Waals surface area contributed by atoms with Crippen molar-refractivity contribution in [3.05, 3.63) is 27.7 Å². The van der Waals surface area contributed by atoms with Crippen molar-refractivity contribution in [2.75, 3.05) is 18.4 Å². The molecule has 1 aromatic rings. The van der Waals surface area contributed by atoms with E-state index in [0.29, 0.717) is 12.1 Å². The second-order valence-electron chi connectivity index (χ2n) is 6.32. The quantitative estimate of drug-likeness (QED) is 0.856. The van der Waals surface area contributed by atoms with Crippen LogP contribution in [0, 0.1) is 13.8 Å². The summed E-state index contributed by atoms with van der Waals surface area (Å²) in [6.45, 7) is 11.4. The minimum absolute atomic E-state index is 0.609. The SMILES string of the molecule is Cc1cc(Br)cc(C)c1NC1CCCN(C(C)C)CC1. The summed E-state index contributed by atoms with van der Waals surface area (Å²) in [6, 6.07) is 5.68. The summed E-state index contributed by atoms with van der Waals surface area (Å²) in [6.07, 6.45) is 3.82. The Kier molecular flexibility index (Phi) is 5.50. The summed E-state index contributed by atoms with van der Waals surface area (Å²) in [5.41, 5.74) is 4.00. The molecule has 20 heavy (non-hydrogen) atoms. The molecule has 0 bridgehead atoms. The molecular formula is C17H27BrN2. The van der Waals surface area contributed by atoms with E-state index in [9.17, 15) is 0 Å². The zero-order valence-corrected chi connectivity index (χ0v) is 14.8. The van der Waals surface area contributed by atoms with Gasteiger partial charge in [-0.2, -0.15) is 0 Å². The minimum atomic E-state index is 0.609. The average Bonchev–Trinajstić information content (AvgIpc) is 2.59. The van der Waals surface area contributed by atoms with Crippen LogP contribution in [0.1, 0.15) is 44.2 Å². The fraction of sp³-hybridized carbons (Fsp3) is 0.647. The Hall–Kier alpha value is -0.540. The summed E-state index contributed by atoms with van der Waals surface area (Å²) >= 11 is 3.57. The molecule has 1 fully saturated rings. The van der Waals surface area contributed by atoms with Crippen molar-refractivity contribution in [1.29, 1.82) is 0 Å². The summed E-state index contributed by atoms with van der Waals surface area (Å²) in [5.74, 6) is 0. The van der Waals surface area contributed by atoms with Crippen LogP contribution >= 0.6 is 15.9 Å². The van der Waals surface area contributed by atoms with Gasteiger partial charge < -0.3 is 10.2 Å². The number of nitrogens with zero attached hydrogens (tertiary/aromatic N) is 1. The van der Waals surface area contributed by atoms with Gasteiger partial charge in [-0.1, -0.05) is 15.9 Å². The lowest BCUT2D eigenvalue weighted by atomic mass is 10.1. The lowest BCUT2D eigenvalue weighted by Crippen LogP contribution is -2.32. The van der Waals surface area contributed by atoms with Crippen LogP contribution in [0.3, 0.4) is 0 Å². The van der Waals surface area contributed by atoms with Gasteiger partial charge in [-0.05, 0) is 76.8 Å². The van der Waals surface area contributed by atoms with Gasteiger partial charge in [0.05, 0.1) is 0 Å². The van der Waals surface area contributed by atoms with Crippen molar-refractivity contribution in [3.63, 3.8) is 0 Å². The van der Waals surface area contributed by atoms with Gasteiger partial charge in [-0.25, -0.2) is 0 Å². The minimum Gasteiger partial charge on any atom is -0.382 e. The normalized spacial score (nSPS) is 21.0. The van der Waals surface area contributed by atoms with E-state index in [1.807, 2.05) is 0 Å². The maximum atomic E-state index is 3.80. The van der Waals surface area contributed by atoms with Crippen LogP contribution in [0.5, 0.6) is 0 Å². The van der Waals surface area contributed by atoms with Crippen LogP contribution in [-0.4, -0.2) is 30.1 Å². The molecule has 1 heterocycles. The number of hydrogen-bond donors (Lipinski definition) is 1. The van der Waals surface area contributed by atoms with Crippen LogP contribution in [0.4, 0.5) is 5.69 Å². The molecule has 1 aromatic carbocycles. The summed E-state index contributed by atoms with van der Waals surface area (Å²) in [7, 11) is 0. The van der Waals surface area contributed by atoms with E-state index in [0.717, 1.165) is 0 Å². The molecule has 3 heteroatoms. The van der Waals surface area contributed by atoms with Crippen molar-refractivity contribution in [2.45, 2.75) is 59.0 Å². The Balaban J connectivity index is 2.04. The number of aryl methyl sites for hydroxylation is 2. The third-order valence-electron chi connectivity index (χ3n) is 4.34. The van der Waals surface area contributed by atoms with Gasteiger partial charge in [0.1, 0.15) is 0 Å². The topological polar surface area (TPSA) is 15.3 Å². The molecule has 112 valence electrons. The Morgan fingerprint density at radius 2 is 1.80 bits per heavy atom. The first kappa shape index (κ1) is 15.8. The molecule has 2 nitrogen and oxygen atoms in total. The van der Waals surface area contributed by atoms with Crippen molar-refractivity contribution in [1.82, 2.24) is 4.90 Å². The Bertz CT molecular complexity index is 433. The number of halogens is 1. The molecule has 0 saturated carbocycles. The maximum absolute atomic E-state index is 3.80. The highest BCUT2D eigenvalue weighted by Crippen LogP contribution is 2.27. The van der Waals surface area contributed by atoms with Crippen molar-refractivity contribution in [3.8, 4) is 0 Å². The first-order chi connectivity index (χ1) is 9.47. The molecule has 0 amide bonds. The molecule has 1 N–H and O–H groups in total. The first-order valence-electron chi connectivity index (χ1n) is 7.74. The van der Waals surface area contributed by atoms with Gasteiger partial charge in [0, 0.05) is 28.8 Å². The second-order valence-corrected chi connectivity index (χ2v) is 7.23. The molecule has 1 atom stereocenters. The van der Waals surface area contributed by atoms with Gasteiger partial charge in [0.2, 0.25) is 0 Å². The van der Waals surface area contributed by atoms with Crippen molar-refractivity contribution >= 4 is 21.6 Å². The van der Waals surface area contributed by atoms with Crippen LogP contribution < -0.4 is 5.32 Å². The highest BCUT2D eigenvalue weighted by Gasteiger charge is 2.19. The molecule has 1 unspecified atom stereocenters. The number of hydrogen-bond acceptors (Lipinski definition) is 2. The third-order valence-corrected chi connectivity index (χ3v) is 4.80. The highest BCUT2D eigenvalue weighted by molar-refractivity contribution is 9.10. The monoisotopic (exact) mass is 338 g/mol. The largest absolute Gasteiger partial charge is 0.382 e. The fourth-order valence-electron chi connectivity index (χ4n) is 3.12. The van der Waals surface area contributed by atoms with Crippen LogP contribution in [-0.2, 0) is 0 Å².